The molecule has 0 aromatic rings. The van der Waals surface area contributed by atoms with E-state index in [4.69, 9.17) is 4.74 Å². The van der Waals surface area contributed by atoms with Crippen molar-refractivity contribution >= 4 is 28.0 Å². The highest BCUT2D eigenvalue weighted by atomic mass is 79.9. The van der Waals surface area contributed by atoms with Crippen molar-refractivity contribution in [1.29, 1.82) is 0 Å². The summed E-state index contributed by atoms with van der Waals surface area (Å²) in [5, 5.41) is 0. The molecule has 0 aliphatic heterocycles. The Kier molecular flexibility index (Phi) is 9.83. The SMILES string of the molecule is CC=CC(=O)OCCCCCCC[Si](C)(C)Br. The second-order valence-electron chi connectivity index (χ2n) is 4.90. The normalized spacial score (nSPS) is 12.0. The third-order valence-corrected chi connectivity index (χ3v) is 5.19. The zero-order valence-corrected chi connectivity index (χ0v) is 13.9. The second kappa shape index (κ2) is 9.89. The molecule has 100 valence electrons. The number of carbonyl (C=O) groups excluding carboxylic acids is 1. The molecule has 4 heteroatoms. The van der Waals surface area contributed by atoms with Crippen LogP contribution in [-0.4, -0.2) is 19.3 Å². The summed E-state index contributed by atoms with van der Waals surface area (Å²) in [4.78, 5) is 11.0. The van der Waals surface area contributed by atoms with Crippen molar-refractivity contribution in [2.24, 2.45) is 0 Å². The molecule has 0 bridgehead atoms. The molecule has 0 unspecified atom stereocenters. The van der Waals surface area contributed by atoms with Crippen LogP contribution >= 0.6 is 15.3 Å². The van der Waals surface area contributed by atoms with Gasteiger partial charge in [0.15, 0.2) is 0 Å². The van der Waals surface area contributed by atoms with Gasteiger partial charge in [-0.3, -0.25) is 0 Å². The molecule has 0 atom stereocenters. The maximum absolute atomic E-state index is 11.0. The van der Waals surface area contributed by atoms with Crippen molar-refractivity contribution in [2.75, 3.05) is 6.61 Å². The average Bonchev–Trinajstić information content (AvgIpc) is 2.21. The molecule has 0 saturated heterocycles. The first-order valence-electron chi connectivity index (χ1n) is 6.44. The molecule has 0 aromatic heterocycles. The quantitative estimate of drug-likeness (QED) is 0.203. The second-order valence-corrected chi connectivity index (χ2v) is 15.3. The summed E-state index contributed by atoms with van der Waals surface area (Å²) in [6, 6.07) is 1.35. The van der Waals surface area contributed by atoms with Gasteiger partial charge in [0.05, 0.1) is 6.61 Å². The summed E-state index contributed by atoms with van der Waals surface area (Å²) in [7, 11) is 0. The van der Waals surface area contributed by atoms with Crippen molar-refractivity contribution in [3.05, 3.63) is 12.2 Å². The van der Waals surface area contributed by atoms with E-state index in [0.29, 0.717) is 6.61 Å². The van der Waals surface area contributed by atoms with Crippen molar-refractivity contribution in [3.8, 4) is 0 Å². The molecule has 0 saturated carbocycles. The lowest BCUT2D eigenvalue weighted by molar-refractivity contribution is -0.137. The lowest BCUT2D eigenvalue weighted by Crippen LogP contribution is -2.14. The molecular weight excluding hydrogens is 296 g/mol. The van der Waals surface area contributed by atoms with Crippen LogP contribution in [0.15, 0.2) is 12.2 Å². The maximum atomic E-state index is 11.0. The molecule has 0 spiro atoms. The molecule has 0 aromatic carbocycles. The molecule has 0 fully saturated rings. The highest BCUT2D eigenvalue weighted by Crippen LogP contribution is 2.20. The molecule has 0 amide bonds. The Labute approximate surface area is 114 Å². The van der Waals surface area contributed by atoms with Crippen LogP contribution in [0, 0.1) is 0 Å². The molecular formula is C13H25BrO2Si. The lowest BCUT2D eigenvalue weighted by atomic mass is 10.2. The number of hydrogen-bond acceptors (Lipinski definition) is 2. The lowest BCUT2D eigenvalue weighted by Gasteiger charge is -2.12. The first-order valence-corrected chi connectivity index (χ1v) is 11.9. The van der Waals surface area contributed by atoms with Crippen molar-refractivity contribution in [3.63, 3.8) is 0 Å². The summed E-state index contributed by atoms with van der Waals surface area (Å²) < 4.78 is 5.02. The summed E-state index contributed by atoms with van der Waals surface area (Å²) in [5.41, 5.74) is 0. The Morgan fingerprint density at radius 3 is 2.35 bits per heavy atom. The number of rotatable bonds is 9. The van der Waals surface area contributed by atoms with Crippen LogP contribution in [0.1, 0.15) is 39.0 Å². The molecule has 0 N–H and O–H groups in total. The van der Waals surface area contributed by atoms with Gasteiger partial charge >= 0.3 is 5.97 Å². The largest absolute Gasteiger partial charge is 0.463 e. The van der Waals surface area contributed by atoms with Gasteiger partial charge in [0.25, 0.3) is 0 Å². The standard InChI is InChI=1S/C13H25BrO2Si/c1-4-10-13(15)16-11-8-6-5-7-9-12-17(2,3)14/h4,10H,5-9,11-12H2,1-3H3. The summed E-state index contributed by atoms with van der Waals surface area (Å²) >= 11 is 3.78. The summed E-state index contributed by atoms with van der Waals surface area (Å²) in [5.74, 6) is -0.223. The third kappa shape index (κ3) is 13.8. The Morgan fingerprint density at radius 2 is 1.76 bits per heavy atom. The van der Waals surface area contributed by atoms with Gasteiger partial charge < -0.3 is 4.74 Å². The van der Waals surface area contributed by atoms with Gasteiger partial charge in [-0.2, -0.15) is 0 Å². The van der Waals surface area contributed by atoms with E-state index in [1.165, 1.54) is 31.4 Å². The molecule has 0 radical (unpaired) electrons. The van der Waals surface area contributed by atoms with E-state index in [1.54, 1.807) is 6.08 Å². The number of halogens is 1. The van der Waals surface area contributed by atoms with Crippen LogP contribution in [0.2, 0.25) is 19.1 Å². The third-order valence-electron chi connectivity index (χ3n) is 2.46. The highest BCUT2D eigenvalue weighted by molar-refractivity contribution is 9.26. The van der Waals surface area contributed by atoms with Crippen LogP contribution in [0.4, 0.5) is 0 Å². The van der Waals surface area contributed by atoms with E-state index in [9.17, 15) is 4.79 Å². The minimum atomic E-state index is -1.02. The van der Waals surface area contributed by atoms with Crippen molar-refractivity contribution in [2.45, 2.75) is 58.2 Å². The van der Waals surface area contributed by atoms with Gasteiger partial charge in [0.1, 0.15) is 6.69 Å². The Morgan fingerprint density at radius 1 is 1.18 bits per heavy atom. The summed E-state index contributed by atoms with van der Waals surface area (Å²) in [6.45, 7) is 6.03. The predicted octanol–water partition coefficient (Wildman–Crippen LogP) is 4.66. The fraction of sp³-hybridized carbons (Fsp3) is 0.769. The number of ether oxygens (including phenoxy) is 1. The van der Waals surface area contributed by atoms with Crippen LogP contribution in [0.5, 0.6) is 0 Å². The fourth-order valence-corrected chi connectivity index (χ4v) is 3.47. The fourth-order valence-electron chi connectivity index (χ4n) is 1.53. The molecule has 0 aliphatic carbocycles. The van der Waals surface area contributed by atoms with Gasteiger partial charge in [-0.1, -0.05) is 44.9 Å². The van der Waals surface area contributed by atoms with Crippen LogP contribution in [-0.2, 0) is 9.53 Å². The Bertz CT molecular complexity index is 234. The van der Waals surface area contributed by atoms with Crippen molar-refractivity contribution in [1.82, 2.24) is 0 Å². The van der Waals surface area contributed by atoms with Gasteiger partial charge in [-0.25, -0.2) is 4.79 Å². The minimum absolute atomic E-state index is 0.223. The number of carbonyl (C=O) groups is 1. The predicted molar refractivity (Wildman–Crippen MR) is 80.1 cm³/mol. The van der Waals surface area contributed by atoms with E-state index in [0.717, 1.165) is 12.8 Å². The monoisotopic (exact) mass is 320 g/mol. The van der Waals surface area contributed by atoms with Gasteiger partial charge in [0.2, 0.25) is 0 Å². The smallest absolute Gasteiger partial charge is 0.330 e. The molecule has 2 nitrogen and oxygen atoms in total. The first kappa shape index (κ1) is 16.9. The van der Waals surface area contributed by atoms with E-state index >= 15 is 0 Å². The Hall–Kier alpha value is -0.0931. The zero-order valence-electron chi connectivity index (χ0n) is 11.3. The zero-order chi connectivity index (χ0) is 13.1. The van der Waals surface area contributed by atoms with Crippen molar-refractivity contribution < 1.29 is 9.53 Å². The van der Waals surface area contributed by atoms with Gasteiger partial charge in [-0.05, 0) is 19.4 Å². The van der Waals surface area contributed by atoms with Crippen LogP contribution in [0.25, 0.3) is 0 Å². The number of hydrogen-bond donors (Lipinski definition) is 0. The topological polar surface area (TPSA) is 26.3 Å². The molecule has 17 heavy (non-hydrogen) atoms. The maximum Gasteiger partial charge on any atom is 0.330 e. The Balaban J connectivity index is 3.22. The minimum Gasteiger partial charge on any atom is -0.463 e. The number of esters is 1. The van der Waals surface area contributed by atoms with E-state index in [2.05, 4.69) is 28.4 Å². The number of unbranched alkanes of at least 4 members (excludes halogenated alkanes) is 4. The van der Waals surface area contributed by atoms with Gasteiger partial charge in [0, 0.05) is 6.08 Å². The highest BCUT2D eigenvalue weighted by Gasteiger charge is 2.14. The van der Waals surface area contributed by atoms with E-state index < -0.39 is 6.69 Å². The first-order chi connectivity index (χ1) is 7.95. The average molecular weight is 321 g/mol. The van der Waals surface area contributed by atoms with Crippen LogP contribution < -0.4 is 0 Å². The summed E-state index contributed by atoms with van der Waals surface area (Å²) in [6.07, 6.45) is 9.18. The van der Waals surface area contributed by atoms with E-state index in [1.807, 2.05) is 6.92 Å². The van der Waals surface area contributed by atoms with Crippen LogP contribution in [0.3, 0.4) is 0 Å². The molecule has 0 rings (SSSR count). The molecule has 0 aliphatic rings. The van der Waals surface area contributed by atoms with E-state index in [-0.39, 0.29) is 5.97 Å². The number of allylic oxidation sites excluding steroid dienone is 1. The molecule has 0 heterocycles. The van der Waals surface area contributed by atoms with Gasteiger partial charge in [-0.15, -0.1) is 15.3 Å².